The Bertz CT molecular complexity index is 23.6. The summed E-state index contributed by atoms with van der Waals surface area (Å²) in [5.74, 6) is 0. The molecule has 0 bridgehead atoms. The molecule has 0 spiro atoms. The summed E-state index contributed by atoms with van der Waals surface area (Å²) >= 11 is -0.693. The molecule has 0 aliphatic rings. The molecule has 0 atom stereocenters. The summed E-state index contributed by atoms with van der Waals surface area (Å²) in [6.45, 7) is 0. The van der Waals surface area contributed by atoms with Crippen LogP contribution in [0.3, 0.4) is 0 Å². The van der Waals surface area contributed by atoms with Crippen LogP contribution in [0.4, 0.5) is 0 Å². The van der Waals surface area contributed by atoms with E-state index in [9.17, 15) is 0 Å². The van der Waals surface area contributed by atoms with Gasteiger partial charge in [-0.05, 0) is 0 Å². The van der Waals surface area contributed by atoms with Crippen LogP contribution in [0.25, 0.3) is 0 Å². The zero-order chi connectivity index (χ0) is 3.41. The number of hydrogen-bond donors (Lipinski definition) is 0. The van der Waals surface area contributed by atoms with E-state index in [0.717, 1.165) is 0 Å². The number of rotatable bonds is 1. The van der Waals surface area contributed by atoms with Gasteiger partial charge in [-0.3, -0.25) is 0 Å². The molecule has 0 aliphatic heterocycles. The maximum atomic E-state index is 4.53. The second kappa shape index (κ2) is 8.87. The molecule has 1 radical (unpaired) electrons. The van der Waals surface area contributed by atoms with Crippen LogP contribution in [-0.2, 0) is 3.07 Å². The topological polar surface area (TPSA) is 40.7 Å². The van der Waals surface area contributed by atoms with Crippen molar-refractivity contribution in [3.8, 4) is 0 Å². The Labute approximate surface area is 44.8 Å². The molecule has 0 heterocycles. The van der Waals surface area contributed by atoms with Gasteiger partial charge in [0.25, 0.3) is 0 Å². The molecule has 4 heteroatoms. The third-order valence-corrected chi connectivity index (χ3v) is 1.68. The van der Waals surface area contributed by atoms with Gasteiger partial charge in [-0.2, -0.15) is 0 Å². The van der Waals surface area contributed by atoms with Crippen molar-refractivity contribution < 1.29 is 8.55 Å². The molecule has 0 aromatic rings. The van der Waals surface area contributed by atoms with Gasteiger partial charge in [0.1, 0.15) is 0 Å². The minimum Gasteiger partial charge on any atom is -0.412 e. The summed E-state index contributed by atoms with van der Waals surface area (Å²) in [6, 6.07) is 0. The molecule has 0 fully saturated rings. The minimum atomic E-state index is -0.693. The van der Waals surface area contributed by atoms with Crippen LogP contribution in [0.5, 0.6) is 0 Å². The maximum Gasteiger partial charge on any atom is -0.412 e. The van der Waals surface area contributed by atoms with Crippen LogP contribution in [-0.4, -0.2) is 32.2 Å². The Morgan fingerprint density at radius 1 is 1.80 bits per heavy atom. The largest absolute Gasteiger partial charge is 0.412 e. The fourth-order valence-corrected chi connectivity index (χ4v) is 0. The van der Waals surface area contributed by atoms with Crippen molar-refractivity contribution in [3.05, 3.63) is 0 Å². The van der Waals surface area contributed by atoms with Crippen LogP contribution >= 0.6 is 9.29 Å². The van der Waals surface area contributed by atoms with Crippen molar-refractivity contribution in [1.82, 2.24) is 0 Å². The van der Waals surface area contributed by atoms with Gasteiger partial charge in [0.2, 0.25) is 0 Å². The zero-order valence-electron chi connectivity index (χ0n) is 2.82. The van der Waals surface area contributed by atoms with E-state index >= 15 is 0 Å². The summed E-state index contributed by atoms with van der Waals surface area (Å²) < 4.78 is 4.53. The second-order valence-corrected chi connectivity index (χ2v) is 3.05. The summed E-state index contributed by atoms with van der Waals surface area (Å²) in [7, 11) is 6.15. The van der Waals surface area contributed by atoms with Crippen LogP contribution in [0.15, 0.2) is 0 Å². The maximum absolute atomic E-state index is 4.53. The van der Waals surface area contributed by atoms with E-state index < -0.39 is 19.6 Å². The normalized spacial score (nSPS) is 5.00. The molecule has 31 valence electrons. The SMILES string of the molecule is C[O][Sn]=[S].O. The van der Waals surface area contributed by atoms with Gasteiger partial charge >= 0.3 is 39.1 Å². The Hall–Kier alpha value is 0.939. The minimum absolute atomic E-state index is 0. The first-order valence-electron chi connectivity index (χ1n) is 0.816. The fraction of sp³-hybridized carbons (Fsp3) is 1.00. The first-order valence-corrected chi connectivity index (χ1v) is 5.89. The summed E-state index contributed by atoms with van der Waals surface area (Å²) in [6.07, 6.45) is 0. The smallest absolute Gasteiger partial charge is 0.412 e. The van der Waals surface area contributed by atoms with Gasteiger partial charge in [0.15, 0.2) is 0 Å². The predicted molar refractivity (Wildman–Crippen MR) is 24.0 cm³/mol. The standard InChI is InChI=1S/CH3O.H2O.S.Sn/c1-2;;;/h1H3;1H2;;/q-1;;;+1. The Morgan fingerprint density at radius 3 is 2.00 bits per heavy atom. The molecule has 2 N–H and O–H groups in total. The first-order chi connectivity index (χ1) is 1.91. The third kappa shape index (κ3) is 11.3. The van der Waals surface area contributed by atoms with Gasteiger partial charge in [-0.25, -0.2) is 0 Å². The monoisotopic (exact) mass is 201 g/mol. The van der Waals surface area contributed by atoms with Crippen molar-refractivity contribution in [2.75, 3.05) is 7.11 Å². The van der Waals surface area contributed by atoms with Crippen LogP contribution < -0.4 is 0 Å². The van der Waals surface area contributed by atoms with E-state index in [1.165, 1.54) is 0 Å². The Balaban J connectivity index is 0. The molecule has 0 saturated carbocycles. The van der Waals surface area contributed by atoms with E-state index in [-0.39, 0.29) is 5.48 Å². The molecule has 0 aromatic heterocycles. The van der Waals surface area contributed by atoms with E-state index in [1.807, 2.05) is 0 Å². The third-order valence-electron chi connectivity index (χ3n) is 0.0833. The van der Waals surface area contributed by atoms with Crippen LogP contribution in [0.2, 0.25) is 0 Å². The molecule has 2 nitrogen and oxygen atoms in total. The van der Waals surface area contributed by atoms with Gasteiger partial charge in [-0.15, -0.1) is 0 Å². The molecule has 0 aliphatic carbocycles. The first kappa shape index (κ1) is 9.34. The predicted octanol–water partition coefficient (Wildman–Crippen LogP) is -0.460. The Morgan fingerprint density at radius 2 is 2.00 bits per heavy atom. The molecular weight excluding hydrogens is 195 g/mol. The van der Waals surface area contributed by atoms with Crippen molar-refractivity contribution in [2.24, 2.45) is 0 Å². The van der Waals surface area contributed by atoms with E-state index in [0.29, 0.717) is 0 Å². The average molecular weight is 200 g/mol. The molecule has 0 unspecified atom stereocenters. The van der Waals surface area contributed by atoms with Crippen molar-refractivity contribution in [3.63, 3.8) is 0 Å². The zero-order valence-corrected chi connectivity index (χ0v) is 6.49. The van der Waals surface area contributed by atoms with Gasteiger partial charge in [0.05, 0.1) is 0 Å². The van der Waals surface area contributed by atoms with Crippen molar-refractivity contribution in [1.29, 1.82) is 0 Å². The summed E-state index contributed by atoms with van der Waals surface area (Å²) in [4.78, 5) is 0. The van der Waals surface area contributed by atoms with E-state index in [4.69, 9.17) is 0 Å². The molecule has 5 heavy (non-hydrogen) atoms. The van der Waals surface area contributed by atoms with Crippen LogP contribution in [0, 0.1) is 0 Å². The quantitative estimate of drug-likeness (QED) is 0.537. The molecule has 0 rings (SSSR count). The molecular formula is CH5O2SSn. The fourth-order valence-electron chi connectivity index (χ4n) is 0. The second-order valence-electron chi connectivity index (χ2n) is 0.287. The molecule has 0 amide bonds. The number of hydrogen-bond acceptors (Lipinski definition) is 2. The van der Waals surface area contributed by atoms with Crippen molar-refractivity contribution in [2.45, 2.75) is 0 Å². The van der Waals surface area contributed by atoms with Gasteiger partial charge in [-0.1, -0.05) is 0 Å². The van der Waals surface area contributed by atoms with Gasteiger partial charge in [0, 0.05) is 0 Å². The summed E-state index contributed by atoms with van der Waals surface area (Å²) in [5, 5.41) is 0. The van der Waals surface area contributed by atoms with E-state index in [1.54, 1.807) is 7.11 Å². The Kier molecular flexibility index (Phi) is 16.6. The van der Waals surface area contributed by atoms with Gasteiger partial charge < -0.3 is 5.48 Å². The van der Waals surface area contributed by atoms with Crippen LogP contribution in [0.1, 0.15) is 0 Å². The molecule has 0 aromatic carbocycles. The van der Waals surface area contributed by atoms with E-state index in [2.05, 4.69) is 12.4 Å². The summed E-state index contributed by atoms with van der Waals surface area (Å²) in [5.41, 5.74) is 0. The van der Waals surface area contributed by atoms with Crippen molar-refractivity contribution >= 4 is 28.9 Å². The average Bonchev–Trinajstić information content (AvgIpc) is 1.37. The molecule has 0 saturated heterocycles.